The molecule has 1 N–H and O–H groups in total. The Kier molecular flexibility index (Phi) is 2.03. The average Bonchev–Trinajstić information content (AvgIpc) is 2.59. The number of likely N-dealkylation sites (N-methyl/N-ethyl adjacent to an activating group) is 1. The Labute approximate surface area is 81.3 Å². The minimum absolute atomic E-state index is 0.173. The van der Waals surface area contributed by atoms with Crippen molar-refractivity contribution in [1.29, 1.82) is 0 Å². The Morgan fingerprint density at radius 2 is 2.50 bits per heavy atom. The molecule has 2 rings (SSSR count). The van der Waals surface area contributed by atoms with Gasteiger partial charge in [0.1, 0.15) is 5.92 Å². The summed E-state index contributed by atoms with van der Waals surface area (Å²) in [5.41, 5.74) is 0.881. The third kappa shape index (κ3) is 1.21. The fourth-order valence-corrected chi connectivity index (χ4v) is 1.79. The number of aromatic nitrogens is 1. The molecule has 2 unspecified atom stereocenters. The zero-order valence-corrected chi connectivity index (χ0v) is 8.10. The number of carbonyl (C=O) groups is 1. The van der Waals surface area contributed by atoms with E-state index in [0.717, 1.165) is 5.56 Å². The summed E-state index contributed by atoms with van der Waals surface area (Å²) in [6.45, 7) is 2.48. The topological polar surface area (TPSA) is 66.6 Å². The summed E-state index contributed by atoms with van der Waals surface area (Å²) in [5.74, 6) is -0.946. The highest BCUT2D eigenvalue weighted by Gasteiger charge is 2.36. The molecule has 14 heavy (non-hydrogen) atoms. The minimum Gasteiger partial charge on any atom is -0.481 e. The van der Waals surface area contributed by atoms with Gasteiger partial charge in [0.15, 0.2) is 5.76 Å². The fourth-order valence-electron chi connectivity index (χ4n) is 1.79. The lowest BCUT2D eigenvalue weighted by molar-refractivity contribution is -0.140. The molecule has 0 fully saturated rings. The van der Waals surface area contributed by atoms with Gasteiger partial charge in [-0.15, -0.1) is 0 Å². The molecule has 0 aliphatic carbocycles. The van der Waals surface area contributed by atoms with Crippen molar-refractivity contribution < 1.29 is 14.4 Å². The summed E-state index contributed by atoms with van der Waals surface area (Å²) >= 11 is 0. The quantitative estimate of drug-likeness (QED) is 0.721. The third-order valence-electron chi connectivity index (χ3n) is 2.82. The van der Waals surface area contributed by atoms with Gasteiger partial charge < -0.3 is 9.63 Å². The number of hydrogen-bond acceptors (Lipinski definition) is 4. The lowest BCUT2D eigenvalue weighted by atomic mass is 9.93. The maximum Gasteiger partial charge on any atom is 0.315 e. The number of nitrogens with zero attached hydrogens (tertiary/aromatic N) is 2. The highest BCUT2D eigenvalue weighted by atomic mass is 16.5. The molecule has 0 spiro atoms. The number of aliphatic carboxylic acids is 1. The van der Waals surface area contributed by atoms with E-state index in [1.165, 1.54) is 0 Å². The SMILES string of the molecule is CC1c2cnoc2C(C(=O)O)CN1C. The summed E-state index contributed by atoms with van der Waals surface area (Å²) < 4.78 is 4.99. The Hall–Kier alpha value is -1.36. The van der Waals surface area contributed by atoms with Crippen LogP contribution in [0.5, 0.6) is 0 Å². The fraction of sp³-hybridized carbons (Fsp3) is 0.556. The first-order valence-electron chi connectivity index (χ1n) is 4.48. The van der Waals surface area contributed by atoms with Crippen LogP contribution in [0.2, 0.25) is 0 Å². The van der Waals surface area contributed by atoms with Gasteiger partial charge in [-0.2, -0.15) is 0 Å². The van der Waals surface area contributed by atoms with Gasteiger partial charge in [-0.1, -0.05) is 5.16 Å². The van der Waals surface area contributed by atoms with E-state index in [2.05, 4.69) is 5.16 Å². The van der Waals surface area contributed by atoms with Crippen molar-refractivity contribution in [3.63, 3.8) is 0 Å². The molecule has 0 amide bonds. The van der Waals surface area contributed by atoms with Crippen molar-refractivity contribution in [2.75, 3.05) is 13.6 Å². The zero-order valence-electron chi connectivity index (χ0n) is 8.10. The largest absolute Gasteiger partial charge is 0.481 e. The molecular formula is C9H12N2O3. The van der Waals surface area contributed by atoms with Crippen LogP contribution < -0.4 is 0 Å². The summed E-state index contributed by atoms with van der Waals surface area (Å²) in [7, 11) is 1.90. The molecule has 1 aromatic rings. The van der Waals surface area contributed by atoms with Gasteiger partial charge in [-0.3, -0.25) is 9.69 Å². The van der Waals surface area contributed by atoms with E-state index < -0.39 is 11.9 Å². The van der Waals surface area contributed by atoms with Crippen LogP contribution >= 0.6 is 0 Å². The van der Waals surface area contributed by atoms with E-state index in [1.54, 1.807) is 6.20 Å². The van der Waals surface area contributed by atoms with Crippen LogP contribution in [-0.2, 0) is 4.79 Å². The molecule has 5 heteroatoms. The van der Waals surface area contributed by atoms with E-state index in [9.17, 15) is 4.79 Å². The van der Waals surface area contributed by atoms with E-state index in [-0.39, 0.29) is 6.04 Å². The zero-order chi connectivity index (χ0) is 10.3. The van der Waals surface area contributed by atoms with Crippen LogP contribution in [0.3, 0.4) is 0 Å². The monoisotopic (exact) mass is 196 g/mol. The van der Waals surface area contributed by atoms with Gasteiger partial charge in [0.2, 0.25) is 0 Å². The molecule has 1 aliphatic heterocycles. The van der Waals surface area contributed by atoms with E-state index in [4.69, 9.17) is 9.63 Å². The molecule has 1 aliphatic rings. The van der Waals surface area contributed by atoms with Gasteiger partial charge in [-0.05, 0) is 14.0 Å². The molecule has 0 saturated heterocycles. The maximum atomic E-state index is 11.0. The molecular weight excluding hydrogens is 184 g/mol. The van der Waals surface area contributed by atoms with Crippen LogP contribution in [0.25, 0.3) is 0 Å². The van der Waals surface area contributed by atoms with Gasteiger partial charge in [0.25, 0.3) is 0 Å². The van der Waals surface area contributed by atoms with Crippen LogP contribution in [0.15, 0.2) is 10.7 Å². The Balaban J connectivity index is 2.44. The standard InChI is InChI=1S/C9H12N2O3/c1-5-6-3-10-14-8(6)7(9(12)13)4-11(5)2/h3,5,7H,4H2,1-2H3,(H,12,13). The molecule has 2 atom stereocenters. The van der Waals surface area contributed by atoms with Crippen LogP contribution in [0.4, 0.5) is 0 Å². The third-order valence-corrected chi connectivity index (χ3v) is 2.82. The molecule has 2 heterocycles. The Morgan fingerprint density at radius 3 is 3.14 bits per heavy atom. The average molecular weight is 196 g/mol. The lowest BCUT2D eigenvalue weighted by Gasteiger charge is -2.31. The summed E-state index contributed by atoms with van der Waals surface area (Å²) in [6, 6.07) is 0.173. The van der Waals surface area contributed by atoms with E-state index in [0.29, 0.717) is 12.3 Å². The van der Waals surface area contributed by atoms with Crippen molar-refractivity contribution >= 4 is 5.97 Å². The second-order valence-electron chi connectivity index (χ2n) is 3.65. The van der Waals surface area contributed by atoms with Gasteiger partial charge >= 0.3 is 5.97 Å². The highest BCUT2D eigenvalue weighted by Crippen LogP contribution is 2.34. The van der Waals surface area contributed by atoms with Gasteiger partial charge in [-0.25, -0.2) is 0 Å². The van der Waals surface area contributed by atoms with Crippen molar-refractivity contribution in [2.45, 2.75) is 18.9 Å². The van der Waals surface area contributed by atoms with Crippen molar-refractivity contribution in [2.24, 2.45) is 0 Å². The summed E-state index contributed by atoms with van der Waals surface area (Å²) in [6.07, 6.45) is 1.60. The van der Waals surface area contributed by atoms with E-state index in [1.807, 2.05) is 18.9 Å². The predicted octanol–water partition coefficient (Wildman–Crippen LogP) is 0.849. The molecule has 0 saturated carbocycles. The minimum atomic E-state index is -0.859. The molecule has 0 aromatic carbocycles. The second kappa shape index (κ2) is 3.09. The molecule has 5 nitrogen and oxygen atoms in total. The van der Waals surface area contributed by atoms with Crippen LogP contribution in [0.1, 0.15) is 30.2 Å². The smallest absolute Gasteiger partial charge is 0.315 e. The number of hydrogen-bond donors (Lipinski definition) is 1. The Bertz CT molecular complexity index is 361. The molecule has 76 valence electrons. The first kappa shape index (κ1) is 9.21. The van der Waals surface area contributed by atoms with Crippen LogP contribution in [-0.4, -0.2) is 34.7 Å². The number of fused-ring (bicyclic) bond motifs is 1. The summed E-state index contributed by atoms with van der Waals surface area (Å²) in [4.78, 5) is 12.9. The molecule has 1 aromatic heterocycles. The van der Waals surface area contributed by atoms with Gasteiger partial charge in [0.05, 0.1) is 6.20 Å². The van der Waals surface area contributed by atoms with E-state index >= 15 is 0 Å². The summed E-state index contributed by atoms with van der Waals surface area (Å²) in [5, 5.41) is 12.6. The molecule has 0 radical (unpaired) electrons. The maximum absolute atomic E-state index is 11.0. The predicted molar refractivity (Wildman–Crippen MR) is 47.9 cm³/mol. The van der Waals surface area contributed by atoms with Gasteiger partial charge in [0, 0.05) is 18.2 Å². The van der Waals surface area contributed by atoms with Crippen molar-refractivity contribution in [3.05, 3.63) is 17.5 Å². The van der Waals surface area contributed by atoms with Crippen molar-refractivity contribution in [1.82, 2.24) is 10.1 Å². The number of carboxylic acid groups (broad SMARTS) is 1. The van der Waals surface area contributed by atoms with Crippen LogP contribution in [0, 0.1) is 0 Å². The second-order valence-corrected chi connectivity index (χ2v) is 3.65. The Morgan fingerprint density at radius 1 is 1.79 bits per heavy atom. The first-order chi connectivity index (χ1) is 6.61. The lowest BCUT2D eigenvalue weighted by Crippen LogP contribution is -2.36. The highest BCUT2D eigenvalue weighted by molar-refractivity contribution is 5.76. The first-order valence-corrected chi connectivity index (χ1v) is 4.48. The number of carboxylic acids is 1. The normalized spacial score (nSPS) is 27.3. The molecule has 0 bridgehead atoms. The van der Waals surface area contributed by atoms with Crippen molar-refractivity contribution in [3.8, 4) is 0 Å². The number of rotatable bonds is 1.